The van der Waals surface area contributed by atoms with Gasteiger partial charge in [0.1, 0.15) is 5.76 Å². The van der Waals surface area contributed by atoms with Crippen LogP contribution < -0.4 is 0 Å². The molecule has 0 N–H and O–H groups in total. The van der Waals surface area contributed by atoms with Gasteiger partial charge in [-0.1, -0.05) is 12.7 Å². The van der Waals surface area contributed by atoms with Crippen molar-refractivity contribution in [3.8, 4) is 0 Å². The van der Waals surface area contributed by atoms with Gasteiger partial charge in [0.2, 0.25) is 0 Å². The standard InChI is InChI=1S/C10H12O/c1-4-8(2)5-10-6-9(3)7-11-10/h4-7H,1H2,2-3H3/b8-5+. The molecule has 0 radical (unpaired) electrons. The fraction of sp³-hybridized carbons (Fsp3) is 0.200. The first-order valence-corrected chi connectivity index (χ1v) is 3.58. The summed E-state index contributed by atoms with van der Waals surface area (Å²) in [5, 5.41) is 0. The molecule has 0 aromatic carbocycles. The van der Waals surface area contributed by atoms with E-state index in [1.165, 1.54) is 0 Å². The molecule has 0 aliphatic carbocycles. The van der Waals surface area contributed by atoms with E-state index in [0.717, 1.165) is 16.9 Å². The Morgan fingerprint density at radius 3 is 2.82 bits per heavy atom. The lowest BCUT2D eigenvalue weighted by molar-refractivity contribution is 0.555. The molecule has 1 aromatic rings. The second kappa shape index (κ2) is 3.24. The Morgan fingerprint density at radius 1 is 1.64 bits per heavy atom. The van der Waals surface area contributed by atoms with Crippen LogP contribution in [0.15, 0.2) is 35.0 Å². The molecule has 0 unspecified atom stereocenters. The van der Waals surface area contributed by atoms with Crippen LogP contribution in [0, 0.1) is 6.92 Å². The van der Waals surface area contributed by atoms with Gasteiger partial charge in [0.25, 0.3) is 0 Å². The highest BCUT2D eigenvalue weighted by molar-refractivity contribution is 5.50. The van der Waals surface area contributed by atoms with E-state index in [9.17, 15) is 0 Å². The Kier molecular flexibility index (Phi) is 2.32. The van der Waals surface area contributed by atoms with Crippen LogP contribution in [0.2, 0.25) is 0 Å². The molecule has 1 rings (SSSR count). The average molecular weight is 148 g/mol. The smallest absolute Gasteiger partial charge is 0.127 e. The lowest BCUT2D eigenvalue weighted by atomic mass is 10.2. The molecule has 1 aromatic heterocycles. The third-order valence-corrected chi connectivity index (χ3v) is 1.44. The normalized spacial score (nSPS) is 11.6. The van der Waals surface area contributed by atoms with E-state index in [4.69, 9.17) is 4.42 Å². The molecule has 0 spiro atoms. The Morgan fingerprint density at radius 2 is 2.36 bits per heavy atom. The third-order valence-electron chi connectivity index (χ3n) is 1.44. The second-order valence-corrected chi connectivity index (χ2v) is 2.62. The van der Waals surface area contributed by atoms with Gasteiger partial charge in [0.15, 0.2) is 0 Å². The van der Waals surface area contributed by atoms with Crippen LogP contribution in [0.3, 0.4) is 0 Å². The van der Waals surface area contributed by atoms with Gasteiger partial charge in [-0.2, -0.15) is 0 Å². The molecule has 0 aliphatic heterocycles. The highest BCUT2D eigenvalue weighted by atomic mass is 16.3. The van der Waals surface area contributed by atoms with Crippen LogP contribution in [0.4, 0.5) is 0 Å². The number of hydrogen-bond donors (Lipinski definition) is 0. The maximum Gasteiger partial charge on any atom is 0.127 e. The Bertz CT molecular complexity index is 279. The van der Waals surface area contributed by atoms with Gasteiger partial charge in [-0.05, 0) is 37.1 Å². The molecule has 0 amide bonds. The number of rotatable bonds is 2. The van der Waals surface area contributed by atoms with Gasteiger partial charge in [0.05, 0.1) is 6.26 Å². The number of hydrogen-bond acceptors (Lipinski definition) is 1. The van der Waals surface area contributed by atoms with Crippen LogP contribution >= 0.6 is 0 Å². The summed E-state index contributed by atoms with van der Waals surface area (Å²) >= 11 is 0. The highest BCUT2D eigenvalue weighted by Gasteiger charge is 1.92. The molecule has 58 valence electrons. The Labute approximate surface area is 67.0 Å². The van der Waals surface area contributed by atoms with E-state index in [2.05, 4.69) is 6.58 Å². The molecular weight excluding hydrogens is 136 g/mol. The zero-order valence-corrected chi connectivity index (χ0v) is 6.92. The van der Waals surface area contributed by atoms with E-state index in [-0.39, 0.29) is 0 Å². The predicted octanol–water partition coefficient (Wildman–Crippen LogP) is 3.18. The minimum Gasteiger partial charge on any atom is -0.465 e. The molecule has 0 saturated carbocycles. The molecule has 0 saturated heterocycles. The van der Waals surface area contributed by atoms with E-state index in [1.54, 1.807) is 12.3 Å². The first-order valence-electron chi connectivity index (χ1n) is 3.58. The minimum absolute atomic E-state index is 0.889. The SMILES string of the molecule is C=C/C(C)=C/c1cc(C)co1. The zero-order chi connectivity index (χ0) is 8.27. The fourth-order valence-corrected chi connectivity index (χ4v) is 0.812. The van der Waals surface area contributed by atoms with E-state index >= 15 is 0 Å². The van der Waals surface area contributed by atoms with Crippen LogP contribution in [0.1, 0.15) is 18.2 Å². The van der Waals surface area contributed by atoms with Gasteiger partial charge >= 0.3 is 0 Å². The molecule has 1 heteroatoms. The van der Waals surface area contributed by atoms with Crippen molar-refractivity contribution >= 4 is 6.08 Å². The summed E-state index contributed by atoms with van der Waals surface area (Å²) in [5.74, 6) is 0.889. The van der Waals surface area contributed by atoms with Crippen LogP contribution in [-0.2, 0) is 0 Å². The van der Waals surface area contributed by atoms with Crippen molar-refractivity contribution in [3.63, 3.8) is 0 Å². The molecule has 11 heavy (non-hydrogen) atoms. The molecule has 0 aliphatic rings. The van der Waals surface area contributed by atoms with Gasteiger partial charge in [-0.15, -0.1) is 0 Å². The highest BCUT2D eigenvalue weighted by Crippen LogP contribution is 2.10. The maximum absolute atomic E-state index is 5.21. The molecule has 0 bridgehead atoms. The summed E-state index contributed by atoms with van der Waals surface area (Å²) in [5.41, 5.74) is 2.26. The van der Waals surface area contributed by atoms with Crippen LogP contribution in [0.25, 0.3) is 6.08 Å². The van der Waals surface area contributed by atoms with Crippen molar-refractivity contribution in [1.29, 1.82) is 0 Å². The number of allylic oxidation sites excluding steroid dienone is 2. The fourth-order valence-electron chi connectivity index (χ4n) is 0.812. The van der Waals surface area contributed by atoms with Crippen LogP contribution in [0.5, 0.6) is 0 Å². The molecule has 1 heterocycles. The monoisotopic (exact) mass is 148 g/mol. The molecular formula is C10H12O. The lowest BCUT2D eigenvalue weighted by Crippen LogP contribution is -1.66. The lowest BCUT2D eigenvalue weighted by Gasteiger charge is -1.86. The van der Waals surface area contributed by atoms with Crippen LogP contribution in [-0.4, -0.2) is 0 Å². The zero-order valence-electron chi connectivity index (χ0n) is 6.92. The predicted molar refractivity (Wildman–Crippen MR) is 47.3 cm³/mol. The molecule has 0 atom stereocenters. The molecule has 1 nitrogen and oxygen atoms in total. The maximum atomic E-state index is 5.21. The quantitative estimate of drug-likeness (QED) is 0.587. The number of furan rings is 1. The van der Waals surface area contributed by atoms with E-state index in [0.29, 0.717) is 0 Å². The number of aryl methyl sites for hydroxylation is 1. The van der Waals surface area contributed by atoms with Gasteiger partial charge in [-0.25, -0.2) is 0 Å². The largest absolute Gasteiger partial charge is 0.465 e. The summed E-state index contributed by atoms with van der Waals surface area (Å²) < 4.78 is 5.21. The minimum atomic E-state index is 0.889. The van der Waals surface area contributed by atoms with E-state index in [1.807, 2.05) is 26.0 Å². The first kappa shape index (κ1) is 7.86. The van der Waals surface area contributed by atoms with Crippen molar-refractivity contribution in [3.05, 3.63) is 41.9 Å². The first-order chi connectivity index (χ1) is 5.22. The van der Waals surface area contributed by atoms with Crippen molar-refractivity contribution in [2.24, 2.45) is 0 Å². The third kappa shape index (κ3) is 2.11. The average Bonchev–Trinajstić information content (AvgIpc) is 2.35. The van der Waals surface area contributed by atoms with E-state index < -0.39 is 0 Å². The summed E-state index contributed by atoms with van der Waals surface area (Å²) in [4.78, 5) is 0. The second-order valence-electron chi connectivity index (χ2n) is 2.62. The topological polar surface area (TPSA) is 13.1 Å². The van der Waals surface area contributed by atoms with Crippen molar-refractivity contribution in [2.45, 2.75) is 13.8 Å². The summed E-state index contributed by atoms with van der Waals surface area (Å²) in [6.45, 7) is 7.65. The Balaban J connectivity index is 2.86. The summed E-state index contributed by atoms with van der Waals surface area (Å²) in [7, 11) is 0. The summed E-state index contributed by atoms with van der Waals surface area (Å²) in [6, 6.07) is 1.99. The van der Waals surface area contributed by atoms with Crippen molar-refractivity contribution in [1.82, 2.24) is 0 Å². The Hall–Kier alpha value is -1.24. The van der Waals surface area contributed by atoms with Crippen molar-refractivity contribution in [2.75, 3.05) is 0 Å². The van der Waals surface area contributed by atoms with Gasteiger partial charge in [-0.3, -0.25) is 0 Å². The summed E-state index contributed by atoms with van der Waals surface area (Å²) in [6.07, 6.45) is 5.50. The van der Waals surface area contributed by atoms with Gasteiger partial charge < -0.3 is 4.42 Å². The van der Waals surface area contributed by atoms with Crippen molar-refractivity contribution < 1.29 is 4.42 Å². The molecule has 0 fully saturated rings. The van der Waals surface area contributed by atoms with Gasteiger partial charge in [0, 0.05) is 0 Å².